The van der Waals surface area contributed by atoms with Crippen molar-refractivity contribution in [3.05, 3.63) is 0 Å². The first kappa shape index (κ1) is 16.4. The molecular weight excluding hydrogens is 238 g/mol. The molecule has 0 aromatic carbocycles. The van der Waals surface area contributed by atoms with E-state index in [1.807, 2.05) is 6.92 Å². The SMILES string of the molecule is CNC(C)(CC(C)N(C)CC1CCCCC1)C(N)=O. The molecule has 2 atom stereocenters. The molecule has 4 nitrogen and oxygen atoms in total. The fraction of sp³-hybridized carbons (Fsp3) is 0.933. The largest absolute Gasteiger partial charge is 0.368 e. The topological polar surface area (TPSA) is 58.4 Å². The Hall–Kier alpha value is -0.610. The van der Waals surface area contributed by atoms with Crippen LogP contribution in [-0.4, -0.2) is 43.0 Å². The molecular formula is C15H31N3O. The van der Waals surface area contributed by atoms with Crippen molar-refractivity contribution in [1.29, 1.82) is 0 Å². The van der Waals surface area contributed by atoms with Gasteiger partial charge in [-0.25, -0.2) is 0 Å². The molecule has 0 saturated heterocycles. The minimum Gasteiger partial charge on any atom is -0.368 e. The van der Waals surface area contributed by atoms with Crippen LogP contribution in [0.4, 0.5) is 0 Å². The van der Waals surface area contributed by atoms with Gasteiger partial charge in [0.1, 0.15) is 0 Å². The van der Waals surface area contributed by atoms with Crippen molar-refractivity contribution in [3.8, 4) is 0 Å². The maximum absolute atomic E-state index is 11.5. The van der Waals surface area contributed by atoms with E-state index >= 15 is 0 Å². The van der Waals surface area contributed by atoms with Crippen LogP contribution >= 0.6 is 0 Å². The summed E-state index contributed by atoms with van der Waals surface area (Å²) < 4.78 is 0. The maximum atomic E-state index is 11.5. The number of hydrogen-bond donors (Lipinski definition) is 2. The molecule has 19 heavy (non-hydrogen) atoms. The fourth-order valence-corrected chi connectivity index (χ4v) is 3.03. The minimum atomic E-state index is -0.611. The summed E-state index contributed by atoms with van der Waals surface area (Å²) in [6.45, 7) is 5.21. The monoisotopic (exact) mass is 269 g/mol. The Morgan fingerprint density at radius 1 is 1.42 bits per heavy atom. The van der Waals surface area contributed by atoms with E-state index in [0.29, 0.717) is 6.04 Å². The molecule has 1 aliphatic rings. The lowest BCUT2D eigenvalue weighted by atomic mass is 9.87. The molecule has 112 valence electrons. The fourth-order valence-electron chi connectivity index (χ4n) is 3.03. The van der Waals surface area contributed by atoms with Gasteiger partial charge < -0.3 is 16.0 Å². The number of carbonyl (C=O) groups is 1. The van der Waals surface area contributed by atoms with Gasteiger partial charge in [-0.05, 0) is 53.1 Å². The second-order valence-corrected chi connectivity index (χ2v) is 6.44. The lowest BCUT2D eigenvalue weighted by Crippen LogP contribution is -2.55. The summed E-state index contributed by atoms with van der Waals surface area (Å²) >= 11 is 0. The first-order valence-corrected chi connectivity index (χ1v) is 7.58. The highest BCUT2D eigenvalue weighted by Crippen LogP contribution is 2.25. The number of nitrogens with zero attached hydrogens (tertiary/aromatic N) is 1. The molecule has 0 aliphatic heterocycles. The van der Waals surface area contributed by atoms with Gasteiger partial charge in [-0.3, -0.25) is 4.79 Å². The van der Waals surface area contributed by atoms with E-state index in [9.17, 15) is 4.79 Å². The zero-order valence-electron chi connectivity index (χ0n) is 13.0. The number of likely N-dealkylation sites (N-methyl/N-ethyl adjacent to an activating group) is 1. The third-order valence-electron chi connectivity index (χ3n) is 4.82. The number of nitrogens with two attached hydrogens (primary N) is 1. The van der Waals surface area contributed by atoms with Gasteiger partial charge in [-0.15, -0.1) is 0 Å². The van der Waals surface area contributed by atoms with E-state index in [0.717, 1.165) is 18.9 Å². The molecule has 1 amide bonds. The van der Waals surface area contributed by atoms with Gasteiger partial charge in [0, 0.05) is 12.6 Å². The standard InChI is InChI=1S/C15H31N3O/c1-12(10-15(2,17-3)14(16)19)18(4)11-13-8-6-5-7-9-13/h12-13,17H,5-11H2,1-4H3,(H2,16,19). The predicted octanol–water partition coefficient (Wildman–Crippen LogP) is 1.74. The van der Waals surface area contributed by atoms with Gasteiger partial charge in [0.2, 0.25) is 5.91 Å². The smallest absolute Gasteiger partial charge is 0.237 e. The van der Waals surface area contributed by atoms with Crippen LogP contribution in [0, 0.1) is 5.92 Å². The second kappa shape index (κ2) is 7.25. The molecule has 3 N–H and O–H groups in total. The average Bonchev–Trinajstić information content (AvgIpc) is 2.39. The van der Waals surface area contributed by atoms with Crippen LogP contribution in [0.3, 0.4) is 0 Å². The third kappa shape index (κ3) is 4.77. The van der Waals surface area contributed by atoms with Gasteiger partial charge in [0.25, 0.3) is 0 Å². The Labute approximate surface area is 118 Å². The van der Waals surface area contributed by atoms with E-state index < -0.39 is 5.54 Å². The van der Waals surface area contributed by atoms with Crippen molar-refractivity contribution >= 4 is 5.91 Å². The summed E-state index contributed by atoms with van der Waals surface area (Å²) in [5, 5.41) is 3.07. The highest BCUT2D eigenvalue weighted by molar-refractivity contribution is 5.84. The highest BCUT2D eigenvalue weighted by Gasteiger charge is 2.32. The van der Waals surface area contributed by atoms with Crippen LogP contribution in [0.2, 0.25) is 0 Å². The predicted molar refractivity (Wildman–Crippen MR) is 79.9 cm³/mol. The minimum absolute atomic E-state index is 0.270. The van der Waals surface area contributed by atoms with E-state index in [1.165, 1.54) is 32.1 Å². The quantitative estimate of drug-likeness (QED) is 0.740. The second-order valence-electron chi connectivity index (χ2n) is 6.44. The molecule has 0 radical (unpaired) electrons. The van der Waals surface area contributed by atoms with Gasteiger partial charge in [-0.1, -0.05) is 19.3 Å². The van der Waals surface area contributed by atoms with Crippen LogP contribution in [0.1, 0.15) is 52.4 Å². The maximum Gasteiger partial charge on any atom is 0.237 e. The lowest BCUT2D eigenvalue weighted by molar-refractivity contribution is -0.124. The molecule has 0 heterocycles. The van der Waals surface area contributed by atoms with Crippen molar-refractivity contribution in [2.75, 3.05) is 20.6 Å². The Kier molecular flexibility index (Phi) is 6.27. The Morgan fingerprint density at radius 2 is 2.00 bits per heavy atom. The van der Waals surface area contributed by atoms with Gasteiger partial charge in [-0.2, -0.15) is 0 Å². The molecule has 0 spiro atoms. The average molecular weight is 269 g/mol. The van der Waals surface area contributed by atoms with Crippen molar-refractivity contribution in [3.63, 3.8) is 0 Å². The molecule has 0 aromatic heterocycles. The summed E-state index contributed by atoms with van der Waals surface area (Å²) in [5.74, 6) is 0.559. The molecule has 1 rings (SSSR count). The molecule has 1 saturated carbocycles. The van der Waals surface area contributed by atoms with Crippen LogP contribution in [0.15, 0.2) is 0 Å². The van der Waals surface area contributed by atoms with E-state index in [2.05, 4.69) is 24.2 Å². The summed E-state index contributed by atoms with van der Waals surface area (Å²) in [6, 6.07) is 0.354. The van der Waals surface area contributed by atoms with E-state index in [4.69, 9.17) is 5.73 Å². The molecule has 0 bridgehead atoms. The number of primary amides is 1. The van der Waals surface area contributed by atoms with E-state index in [-0.39, 0.29) is 5.91 Å². The molecule has 1 aliphatic carbocycles. The number of amides is 1. The van der Waals surface area contributed by atoms with Crippen molar-refractivity contribution < 1.29 is 4.79 Å². The van der Waals surface area contributed by atoms with Gasteiger partial charge in [0.15, 0.2) is 0 Å². The van der Waals surface area contributed by atoms with Crippen LogP contribution in [-0.2, 0) is 4.79 Å². The molecule has 1 fully saturated rings. The number of rotatable bonds is 7. The first-order valence-electron chi connectivity index (χ1n) is 7.58. The number of hydrogen-bond acceptors (Lipinski definition) is 3. The summed E-state index contributed by atoms with van der Waals surface area (Å²) in [6.07, 6.45) is 7.62. The Bertz CT molecular complexity index is 289. The van der Waals surface area contributed by atoms with E-state index in [1.54, 1.807) is 7.05 Å². The number of nitrogens with one attached hydrogen (secondary N) is 1. The Balaban J connectivity index is 2.46. The zero-order chi connectivity index (χ0) is 14.5. The lowest BCUT2D eigenvalue weighted by Gasteiger charge is -2.35. The van der Waals surface area contributed by atoms with Crippen molar-refractivity contribution in [2.45, 2.75) is 64.0 Å². The van der Waals surface area contributed by atoms with Gasteiger partial charge >= 0.3 is 0 Å². The molecule has 0 aromatic rings. The van der Waals surface area contributed by atoms with Crippen LogP contribution in [0.5, 0.6) is 0 Å². The summed E-state index contributed by atoms with van der Waals surface area (Å²) in [5.41, 5.74) is 4.88. The third-order valence-corrected chi connectivity index (χ3v) is 4.82. The normalized spacial score (nSPS) is 22.2. The van der Waals surface area contributed by atoms with Gasteiger partial charge in [0.05, 0.1) is 5.54 Å². The van der Waals surface area contributed by atoms with Crippen molar-refractivity contribution in [1.82, 2.24) is 10.2 Å². The van der Waals surface area contributed by atoms with Crippen LogP contribution < -0.4 is 11.1 Å². The summed E-state index contributed by atoms with van der Waals surface area (Å²) in [7, 11) is 3.97. The molecule has 2 unspecified atom stereocenters. The molecule has 4 heteroatoms. The number of carbonyl (C=O) groups excluding carboxylic acids is 1. The Morgan fingerprint density at radius 3 is 2.47 bits per heavy atom. The summed E-state index contributed by atoms with van der Waals surface area (Å²) in [4.78, 5) is 13.9. The highest BCUT2D eigenvalue weighted by atomic mass is 16.1. The van der Waals surface area contributed by atoms with Crippen molar-refractivity contribution in [2.24, 2.45) is 11.7 Å². The first-order chi connectivity index (χ1) is 8.89. The zero-order valence-corrected chi connectivity index (χ0v) is 13.0. The van der Waals surface area contributed by atoms with Crippen LogP contribution in [0.25, 0.3) is 0 Å².